The number of fused-ring (bicyclic) bond motifs is 8. The van der Waals surface area contributed by atoms with Crippen LogP contribution in [-0.2, 0) is 16.8 Å². The summed E-state index contributed by atoms with van der Waals surface area (Å²) in [4.78, 5) is 17.9. The fraction of sp³-hybridized carbons (Fsp3) is 0. The van der Waals surface area contributed by atoms with E-state index in [1.807, 2.05) is 72.8 Å². The van der Waals surface area contributed by atoms with Crippen molar-refractivity contribution in [1.82, 2.24) is 19.9 Å². The van der Waals surface area contributed by atoms with Crippen LogP contribution in [-0.4, -0.2) is 19.9 Å². The van der Waals surface area contributed by atoms with Gasteiger partial charge in [0.1, 0.15) is 0 Å². The minimum absolute atomic E-state index is 0. The third kappa shape index (κ3) is 7.56. The Morgan fingerprint density at radius 3 is 0.754 bits per heavy atom. The Hall–Kier alpha value is -3.69. The SMILES string of the molecule is Clc1ccc(-c2c3nc(c(-c4ccc(Cl)cc4Cl)c4ccc([nH]4)c(-c4ccc(Cl)cc4Cl)c4nc(c(-c5ccc(Cl)cc5Cl)c5ccc2[nH]5)C=C4)C=C3)c(Cl)c1.[Co]. The van der Waals surface area contributed by atoms with Gasteiger partial charge in [-0.1, -0.05) is 117 Å². The molecule has 283 valence electrons. The standard InChI is InChI=1S/C44H22Cl8N4.Co/c45-21-1-5-25(29(49)17-21)41-33-9-11-35(53-33)42(26-6-2-22(46)18-30(26)50)37-13-15-39(55-37)44(28-8-4-24(48)20-32(28)52)40-16-14-38(56-40)43(36-12-10-34(41)54-36)27-7-3-23(47)19-31(27)51;/h1-20,53,56H;. The van der Waals surface area contributed by atoms with E-state index in [1.165, 1.54) is 0 Å². The quantitative estimate of drug-likeness (QED) is 0.185. The predicted octanol–water partition coefficient (Wildman–Crippen LogP) is 16.5. The molecule has 3 aromatic heterocycles. The van der Waals surface area contributed by atoms with Gasteiger partial charge in [-0.15, -0.1) is 0 Å². The van der Waals surface area contributed by atoms with Gasteiger partial charge in [-0.05, 0) is 97.1 Å². The molecule has 57 heavy (non-hydrogen) atoms. The second-order valence-corrected chi connectivity index (χ2v) is 16.4. The first-order valence-corrected chi connectivity index (χ1v) is 20.0. The van der Waals surface area contributed by atoms with Crippen molar-refractivity contribution in [3.63, 3.8) is 0 Å². The van der Waals surface area contributed by atoms with E-state index in [4.69, 9.17) is 103 Å². The van der Waals surface area contributed by atoms with Crippen LogP contribution >= 0.6 is 92.8 Å². The summed E-state index contributed by atoms with van der Waals surface area (Å²) in [5, 5.41) is 3.86. The van der Waals surface area contributed by atoms with Gasteiger partial charge < -0.3 is 9.97 Å². The smallest absolute Gasteiger partial charge is 0.0737 e. The van der Waals surface area contributed by atoms with Crippen molar-refractivity contribution in [2.24, 2.45) is 0 Å². The van der Waals surface area contributed by atoms with Gasteiger partial charge in [-0.3, -0.25) is 0 Å². The Labute approximate surface area is 377 Å². The van der Waals surface area contributed by atoms with E-state index < -0.39 is 0 Å². The van der Waals surface area contributed by atoms with E-state index in [0.717, 1.165) is 66.6 Å². The van der Waals surface area contributed by atoms with Crippen LogP contribution in [0.4, 0.5) is 0 Å². The molecule has 0 aliphatic carbocycles. The molecular weight excluding hydrogens is 927 g/mol. The van der Waals surface area contributed by atoms with E-state index >= 15 is 0 Å². The van der Waals surface area contributed by atoms with Crippen LogP contribution in [0.1, 0.15) is 22.8 Å². The minimum atomic E-state index is 0. The number of hydrogen-bond acceptors (Lipinski definition) is 2. The number of aromatic nitrogens is 4. The van der Waals surface area contributed by atoms with Gasteiger partial charge in [0.05, 0.1) is 42.9 Å². The van der Waals surface area contributed by atoms with Gasteiger partial charge in [0.15, 0.2) is 0 Å². The molecule has 0 saturated heterocycles. The van der Waals surface area contributed by atoms with Crippen molar-refractivity contribution in [3.8, 4) is 44.5 Å². The zero-order valence-corrected chi connectivity index (χ0v) is 35.9. The maximum Gasteiger partial charge on any atom is 0.0737 e. The Bertz CT molecular complexity index is 2640. The normalized spacial score (nSPS) is 11.9. The van der Waals surface area contributed by atoms with Crippen LogP contribution in [0.5, 0.6) is 0 Å². The molecule has 0 amide bonds. The summed E-state index contributed by atoms with van der Waals surface area (Å²) in [7, 11) is 0. The van der Waals surface area contributed by atoms with Crippen molar-refractivity contribution < 1.29 is 16.8 Å². The third-order valence-corrected chi connectivity index (χ3v) is 11.7. The van der Waals surface area contributed by atoms with Crippen molar-refractivity contribution in [2.75, 3.05) is 0 Å². The molecule has 9 rings (SSSR count). The molecule has 8 bridgehead atoms. The number of nitrogens with one attached hydrogen (secondary N) is 2. The molecule has 0 spiro atoms. The summed E-state index contributed by atoms with van der Waals surface area (Å²) in [6, 6.07) is 29.5. The summed E-state index contributed by atoms with van der Waals surface area (Å²) in [5.74, 6) is 0. The summed E-state index contributed by atoms with van der Waals surface area (Å²) in [6.45, 7) is 0. The first kappa shape index (κ1) is 40.1. The maximum atomic E-state index is 6.94. The number of aromatic amines is 2. The number of benzene rings is 4. The second-order valence-electron chi connectivity index (χ2n) is 13.0. The molecule has 13 heteroatoms. The third-order valence-electron chi connectivity index (χ3n) is 9.56. The fourth-order valence-corrected chi connectivity index (χ4v) is 9.12. The van der Waals surface area contributed by atoms with E-state index in [1.54, 1.807) is 48.5 Å². The maximum absolute atomic E-state index is 6.94. The minimum Gasteiger partial charge on any atom is -0.354 e. The van der Waals surface area contributed by atoms with Gasteiger partial charge in [-0.25, -0.2) is 9.97 Å². The predicted molar refractivity (Wildman–Crippen MR) is 241 cm³/mol. The van der Waals surface area contributed by atoms with Gasteiger partial charge in [0.2, 0.25) is 0 Å². The van der Waals surface area contributed by atoms with Crippen LogP contribution in [0.15, 0.2) is 97.1 Å². The van der Waals surface area contributed by atoms with Crippen molar-refractivity contribution >= 4 is 139 Å². The van der Waals surface area contributed by atoms with Gasteiger partial charge in [0, 0.05) is 103 Å². The van der Waals surface area contributed by atoms with E-state index in [2.05, 4.69) is 9.97 Å². The number of rotatable bonds is 4. The number of halogens is 8. The largest absolute Gasteiger partial charge is 0.354 e. The number of H-pyrrole nitrogens is 2. The van der Waals surface area contributed by atoms with Gasteiger partial charge in [-0.2, -0.15) is 0 Å². The van der Waals surface area contributed by atoms with E-state index in [9.17, 15) is 0 Å². The van der Waals surface area contributed by atoms with Crippen molar-refractivity contribution in [3.05, 3.63) is 160 Å². The molecule has 0 saturated carbocycles. The fourth-order valence-electron chi connectivity index (χ4n) is 7.11. The second kappa shape index (κ2) is 16.2. The Morgan fingerprint density at radius 2 is 0.544 bits per heavy atom. The number of hydrogen-bond donors (Lipinski definition) is 2. The van der Waals surface area contributed by atoms with Crippen LogP contribution < -0.4 is 0 Å². The molecule has 2 aliphatic heterocycles. The van der Waals surface area contributed by atoms with Crippen LogP contribution in [0.3, 0.4) is 0 Å². The first-order valence-electron chi connectivity index (χ1n) is 17.0. The molecular formula is C44H22Cl8CoN4. The Morgan fingerprint density at radius 1 is 0.316 bits per heavy atom. The molecule has 1 radical (unpaired) electrons. The topological polar surface area (TPSA) is 57.4 Å². The zero-order valence-electron chi connectivity index (χ0n) is 28.8. The summed E-state index contributed by atoms with van der Waals surface area (Å²) in [6.07, 6.45) is 7.83. The van der Waals surface area contributed by atoms with Crippen molar-refractivity contribution in [1.29, 1.82) is 0 Å². The molecule has 0 fully saturated rings. The average Bonchev–Trinajstić information content (AvgIpc) is 3.99. The van der Waals surface area contributed by atoms with E-state index in [-0.39, 0.29) is 16.8 Å². The molecule has 0 atom stereocenters. The van der Waals surface area contributed by atoms with Crippen LogP contribution in [0.2, 0.25) is 40.2 Å². The summed E-state index contributed by atoms with van der Waals surface area (Å²) in [5.41, 5.74) is 11.4. The van der Waals surface area contributed by atoms with Gasteiger partial charge in [0.25, 0.3) is 0 Å². The Balaban J connectivity index is 0.00000455. The molecule has 0 unspecified atom stereocenters. The number of nitrogens with zero attached hydrogens (tertiary/aromatic N) is 2. The molecule has 7 aromatic rings. The van der Waals surface area contributed by atoms with Crippen LogP contribution in [0, 0.1) is 0 Å². The molecule has 2 aliphatic rings. The molecule has 4 aromatic carbocycles. The Kier molecular flexibility index (Phi) is 11.4. The van der Waals surface area contributed by atoms with Gasteiger partial charge >= 0.3 is 0 Å². The average molecular weight is 949 g/mol. The van der Waals surface area contributed by atoms with Crippen LogP contribution in [0.25, 0.3) is 90.9 Å². The molecule has 5 heterocycles. The summed E-state index contributed by atoms with van der Waals surface area (Å²) >= 11 is 53.4. The monoisotopic (exact) mass is 945 g/mol. The van der Waals surface area contributed by atoms with Crippen molar-refractivity contribution in [2.45, 2.75) is 0 Å². The zero-order chi connectivity index (χ0) is 38.8. The summed E-state index contributed by atoms with van der Waals surface area (Å²) < 4.78 is 0. The molecule has 2 N–H and O–H groups in total. The first-order chi connectivity index (χ1) is 27.0. The van der Waals surface area contributed by atoms with E-state index in [0.29, 0.717) is 63.0 Å². The molecule has 4 nitrogen and oxygen atoms in total.